The molecule has 1 unspecified atom stereocenters. The van der Waals surface area contributed by atoms with Gasteiger partial charge in [0.15, 0.2) is 0 Å². The molecule has 1 aliphatic carbocycles. The number of carbonyl (C=O) groups is 2. The van der Waals surface area contributed by atoms with E-state index < -0.39 is 0 Å². The number of nitrogens with zero attached hydrogens (tertiary/aromatic N) is 1. The van der Waals surface area contributed by atoms with Crippen molar-refractivity contribution in [3.63, 3.8) is 0 Å². The lowest BCUT2D eigenvalue weighted by Crippen LogP contribution is -2.59. The topological polar surface area (TPSA) is 49.4 Å². The number of hydrogen-bond acceptors (Lipinski definition) is 2. The molecule has 0 bridgehead atoms. The molecule has 1 saturated heterocycles. The molecular weight excluding hydrogens is 228 g/mol. The number of halogens is 1. The van der Waals surface area contributed by atoms with E-state index >= 15 is 0 Å². The second-order valence-corrected chi connectivity index (χ2v) is 4.75. The third-order valence-corrected chi connectivity index (χ3v) is 3.32. The van der Waals surface area contributed by atoms with Crippen molar-refractivity contribution in [2.24, 2.45) is 5.92 Å². The van der Waals surface area contributed by atoms with Gasteiger partial charge in [0.1, 0.15) is 6.04 Å². The largest absolute Gasteiger partial charge is 0.342 e. The standard InChI is InChI=1S/C11H15ClN2O2/c1-7(4-12)5-14-6-9(15)13-10(11(14)16)8-2-3-8/h4,8,10H,2-3,5-6H2,1H3,(H,13,15). The lowest BCUT2D eigenvalue weighted by atomic mass is 10.1. The predicted octanol–water partition coefficient (Wildman–Crippen LogP) is 0.866. The van der Waals surface area contributed by atoms with E-state index in [1.165, 1.54) is 5.54 Å². The molecule has 0 aromatic rings. The van der Waals surface area contributed by atoms with Gasteiger partial charge in [-0.1, -0.05) is 11.6 Å². The Labute approximate surface area is 99.6 Å². The molecular formula is C11H15ClN2O2. The van der Waals surface area contributed by atoms with Gasteiger partial charge >= 0.3 is 0 Å². The highest BCUT2D eigenvalue weighted by Gasteiger charge is 2.42. The molecule has 0 aromatic heterocycles. The Hall–Kier alpha value is -1.03. The summed E-state index contributed by atoms with van der Waals surface area (Å²) in [5.74, 6) is 0.304. The molecule has 4 nitrogen and oxygen atoms in total. The van der Waals surface area contributed by atoms with Gasteiger partial charge in [0, 0.05) is 12.1 Å². The Bertz CT molecular complexity index is 350. The Balaban J connectivity index is 2.05. The zero-order valence-electron chi connectivity index (χ0n) is 9.20. The van der Waals surface area contributed by atoms with E-state index in [-0.39, 0.29) is 24.4 Å². The van der Waals surface area contributed by atoms with Crippen LogP contribution in [0, 0.1) is 5.92 Å². The molecule has 0 aromatic carbocycles. The fourth-order valence-electron chi connectivity index (χ4n) is 1.95. The van der Waals surface area contributed by atoms with Crippen LogP contribution in [0.2, 0.25) is 0 Å². The van der Waals surface area contributed by atoms with Crippen LogP contribution in [0.15, 0.2) is 11.1 Å². The van der Waals surface area contributed by atoms with Gasteiger partial charge in [0.25, 0.3) is 0 Å². The van der Waals surface area contributed by atoms with Crippen LogP contribution in [0.25, 0.3) is 0 Å². The summed E-state index contributed by atoms with van der Waals surface area (Å²) < 4.78 is 0. The van der Waals surface area contributed by atoms with Gasteiger partial charge in [0.05, 0.1) is 6.54 Å². The number of nitrogens with one attached hydrogen (secondary N) is 1. The monoisotopic (exact) mass is 242 g/mol. The molecule has 2 amide bonds. The molecule has 88 valence electrons. The van der Waals surface area contributed by atoms with Crippen LogP contribution in [-0.4, -0.2) is 35.8 Å². The Morgan fingerprint density at radius 3 is 2.81 bits per heavy atom. The first-order valence-electron chi connectivity index (χ1n) is 5.46. The first-order chi connectivity index (χ1) is 7.61. The first-order valence-corrected chi connectivity index (χ1v) is 5.89. The zero-order chi connectivity index (χ0) is 11.7. The molecule has 1 N–H and O–H groups in total. The highest BCUT2D eigenvalue weighted by atomic mass is 35.5. The van der Waals surface area contributed by atoms with Crippen molar-refractivity contribution >= 4 is 23.4 Å². The second-order valence-electron chi connectivity index (χ2n) is 4.53. The van der Waals surface area contributed by atoms with Crippen molar-refractivity contribution < 1.29 is 9.59 Å². The van der Waals surface area contributed by atoms with Crippen LogP contribution in [0.3, 0.4) is 0 Å². The van der Waals surface area contributed by atoms with E-state index in [0.717, 1.165) is 18.4 Å². The maximum atomic E-state index is 12.0. The van der Waals surface area contributed by atoms with Gasteiger partial charge in [-0.05, 0) is 31.3 Å². The second kappa shape index (κ2) is 4.45. The number of rotatable bonds is 3. The van der Waals surface area contributed by atoms with Crippen LogP contribution < -0.4 is 5.32 Å². The van der Waals surface area contributed by atoms with Gasteiger partial charge < -0.3 is 10.2 Å². The van der Waals surface area contributed by atoms with Crippen molar-refractivity contribution in [1.29, 1.82) is 0 Å². The third-order valence-electron chi connectivity index (χ3n) is 2.95. The van der Waals surface area contributed by atoms with E-state index in [1.54, 1.807) is 4.90 Å². The van der Waals surface area contributed by atoms with Gasteiger partial charge in [-0.25, -0.2) is 0 Å². The fraction of sp³-hybridized carbons (Fsp3) is 0.636. The van der Waals surface area contributed by atoms with E-state index in [1.807, 2.05) is 6.92 Å². The SMILES string of the molecule is CC(=CCl)CN1CC(=O)NC(C2CC2)C1=O. The summed E-state index contributed by atoms with van der Waals surface area (Å²) in [6.07, 6.45) is 2.07. The van der Waals surface area contributed by atoms with Gasteiger partial charge in [-0.2, -0.15) is 0 Å². The average molecular weight is 243 g/mol. The highest BCUT2D eigenvalue weighted by molar-refractivity contribution is 6.25. The van der Waals surface area contributed by atoms with E-state index in [4.69, 9.17) is 11.6 Å². The maximum absolute atomic E-state index is 12.0. The molecule has 2 fully saturated rings. The van der Waals surface area contributed by atoms with Gasteiger partial charge in [0.2, 0.25) is 11.8 Å². The Kier molecular flexibility index (Phi) is 3.19. The van der Waals surface area contributed by atoms with Crippen molar-refractivity contribution in [3.8, 4) is 0 Å². The predicted molar refractivity (Wildman–Crippen MR) is 60.8 cm³/mol. The Morgan fingerprint density at radius 1 is 1.56 bits per heavy atom. The quantitative estimate of drug-likeness (QED) is 0.798. The van der Waals surface area contributed by atoms with Crippen molar-refractivity contribution in [3.05, 3.63) is 11.1 Å². The summed E-state index contributed by atoms with van der Waals surface area (Å²) in [5.41, 5.74) is 2.34. The first kappa shape index (κ1) is 11.5. The van der Waals surface area contributed by atoms with Crippen LogP contribution in [-0.2, 0) is 9.59 Å². The minimum absolute atomic E-state index is 0.0277. The van der Waals surface area contributed by atoms with Crippen LogP contribution in [0.1, 0.15) is 19.8 Å². The van der Waals surface area contributed by atoms with Crippen molar-refractivity contribution in [1.82, 2.24) is 10.2 Å². The molecule has 2 rings (SSSR count). The Morgan fingerprint density at radius 2 is 2.25 bits per heavy atom. The summed E-state index contributed by atoms with van der Waals surface area (Å²) in [7, 11) is 0. The highest BCUT2D eigenvalue weighted by Crippen LogP contribution is 2.34. The van der Waals surface area contributed by atoms with Crippen LogP contribution >= 0.6 is 11.6 Å². The number of hydrogen-bond donors (Lipinski definition) is 1. The number of piperazine rings is 1. The molecule has 2 aliphatic rings. The summed E-state index contributed by atoms with van der Waals surface area (Å²) in [6, 6.07) is -0.302. The molecule has 1 aliphatic heterocycles. The molecule has 0 radical (unpaired) electrons. The van der Waals surface area contributed by atoms with Crippen molar-refractivity contribution in [2.75, 3.05) is 13.1 Å². The van der Waals surface area contributed by atoms with E-state index in [2.05, 4.69) is 5.32 Å². The minimum Gasteiger partial charge on any atom is -0.342 e. The number of amides is 2. The molecule has 1 atom stereocenters. The van der Waals surface area contributed by atoms with E-state index in [0.29, 0.717) is 12.5 Å². The number of carbonyl (C=O) groups excluding carboxylic acids is 2. The van der Waals surface area contributed by atoms with Crippen LogP contribution in [0.5, 0.6) is 0 Å². The smallest absolute Gasteiger partial charge is 0.246 e. The lowest BCUT2D eigenvalue weighted by molar-refractivity contribution is -0.144. The minimum atomic E-state index is -0.302. The summed E-state index contributed by atoms with van der Waals surface area (Å²) >= 11 is 5.57. The van der Waals surface area contributed by atoms with E-state index in [9.17, 15) is 9.59 Å². The van der Waals surface area contributed by atoms with Crippen molar-refractivity contribution in [2.45, 2.75) is 25.8 Å². The maximum Gasteiger partial charge on any atom is 0.246 e. The normalized spacial score (nSPS) is 27.0. The molecule has 1 saturated carbocycles. The van der Waals surface area contributed by atoms with Gasteiger partial charge in [-0.15, -0.1) is 0 Å². The van der Waals surface area contributed by atoms with Gasteiger partial charge in [-0.3, -0.25) is 9.59 Å². The summed E-state index contributed by atoms with van der Waals surface area (Å²) in [6.45, 7) is 2.43. The summed E-state index contributed by atoms with van der Waals surface area (Å²) in [5, 5.41) is 2.77. The summed E-state index contributed by atoms with van der Waals surface area (Å²) in [4.78, 5) is 25.1. The molecule has 0 spiro atoms. The fourth-order valence-corrected chi connectivity index (χ4v) is 2.02. The zero-order valence-corrected chi connectivity index (χ0v) is 9.96. The lowest BCUT2D eigenvalue weighted by Gasteiger charge is -2.32. The van der Waals surface area contributed by atoms with Crippen LogP contribution in [0.4, 0.5) is 0 Å². The molecule has 5 heteroatoms. The average Bonchev–Trinajstić information content (AvgIpc) is 3.06. The molecule has 1 heterocycles. The molecule has 16 heavy (non-hydrogen) atoms. The third kappa shape index (κ3) is 2.38.